The minimum Gasteiger partial charge on any atom is -0.265 e. The standard InChI is InChI=1S/C12H12NP/c1-14-12-4-2-10(3-5-12)11-6-8-13-9-7-11/h2-9,14H,1H3. The topological polar surface area (TPSA) is 12.9 Å². The molecule has 0 saturated carbocycles. The molecular weight excluding hydrogens is 189 g/mol. The van der Waals surface area contributed by atoms with E-state index < -0.39 is 0 Å². The van der Waals surface area contributed by atoms with Gasteiger partial charge in [-0.3, -0.25) is 4.98 Å². The second-order valence-electron chi connectivity index (χ2n) is 3.06. The maximum atomic E-state index is 4.01. The molecule has 70 valence electrons. The average Bonchev–Trinajstić information content (AvgIpc) is 2.30. The lowest BCUT2D eigenvalue weighted by atomic mass is 10.1. The lowest BCUT2D eigenvalue weighted by molar-refractivity contribution is 1.33. The summed E-state index contributed by atoms with van der Waals surface area (Å²) in [5.74, 6) is 0. The molecule has 2 aromatic rings. The van der Waals surface area contributed by atoms with Gasteiger partial charge < -0.3 is 0 Å². The van der Waals surface area contributed by atoms with Gasteiger partial charge in [0.05, 0.1) is 0 Å². The first-order valence-electron chi connectivity index (χ1n) is 4.58. The van der Waals surface area contributed by atoms with Crippen LogP contribution >= 0.6 is 8.58 Å². The number of hydrogen-bond donors (Lipinski definition) is 0. The van der Waals surface area contributed by atoms with Gasteiger partial charge in [-0.05, 0) is 35.2 Å². The molecule has 0 fully saturated rings. The monoisotopic (exact) mass is 201 g/mol. The molecule has 1 unspecified atom stereocenters. The number of benzene rings is 1. The van der Waals surface area contributed by atoms with Gasteiger partial charge in [-0.25, -0.2) is 0 Å². The zero-order valence-electron chi connectivity index (χ0n) is 8.07. The highest BCUT2D eigenvalue weighted by atomic mass is 31.1. The van der Waals surface area contributed by atoms with E-state index in [9.17, 15) is 0 Å². The fourth-order valence-electron chi connectivity index (χ4n) is 1.37. The van der Waals surface area contributed by atoms with Crippen LogP contribution in [0.25, 0.3) is 11.1 Å². The molecule has 0 N–H and O–H groups in total. The molecule has 0 saturated heterocycles. The zero-order valence-corrected chi connectivity index (χ0v) is 9.07. The smallest absolute Gasteiger partial charge is 0.0273 e. The van der Waals surface area contributed by atoms with E-state index in [1.807, 2.05) is 24.5 Å². The van der Waals surface area contributed by atoms with Crippen LogP contribution in [0.1, 0.15) is 0 Å². The van der Waals surface area contributed by atoms with Gasteiger partial charge in [0.2, 0.25) is 0 Å². The van der Waals surface area contributed by atoms with Gasteiger partial charge in [-0.2, -0.15) is 0 Å². The summed E-state index contributed by atoms with van der Waals surface area (Å²) in [6.07, 6.45) is 3.65. The minimum absolute atomic E-state index is 0.872. The summed E-state index contributed by atoms with van der Waals surface area (Å²) in [5.41, 5.74) is 2.49. The van der Waals surface area contributed by atoms with E-state index in [1.54, 1.807) is 0 Å². The summed E-state index contributed by atoms with van der Waals surface area (Å²) in [6.45, 7) is 2.20. The van der Waals surface area contributed by atoms with Crippen LogP contribution < -0.4 is 5.30 Å². The minimum atomic E-state index is 0.872. The fourth-order valence-corrected chi connectivity index (χ4v) is 1.87. The van der Waals surface area contributed by atoms with E-state index >= 15 is 0 Å². The van der Waals surface area contributed by atoms with Crippen molar-refractivity contribution in [1.29, 1.82) is 0 Å². The van der Waals surface area contributed by atoms with Crippen LogP contribution in [0, 0.1) is 0 Å². The molecule has 1 aromatic carbocycles. The molecule has 0 amide bonds. The predicted molar refractivity (Wildman–Crippen MR) is 63.5 cm³/mol. The third-order valence-corrected chi connectivity index (χ3v) is 3.10. The van der Waals surface area contributed by atoms with Crippen molar-refractivity contribution in [2.75, 3.05) is 6.66 Å². The predicted octanol–water partition coefficient (Wildman–Crippen LogP) is 2.68. The van der Waals surface area contributed by atoms with Gasteiger partial charge in [0, 0.05) is 12.4 Å². The summed E-state index contributed by atoms with van der Waals surface area (Å²) >= 11 is 0. The van der Waals surface area contributed by atoms with Crippen LogP contribution in [0.3, 0.4) is 0 Å². The van der Waals surface area contributed by atoms with Crippen molar-refractivity contribution in [2.24, 2.45) is 0 Å². The Balaban J connectivity index is 2.34. The second-order valence-corrected chi connectivity index (χ2v) is 4.14. The Morgan fingerprint density at radius 3 is 2.00 bits per heavy atom. The van der Waals surface area contributed by atoms with Crippen molar-refractivity contribution in [3.8, 4) is 11.1 Å². The van der Waals surface area contributed by atoms with Crippen LogP contribution in [-0.2, 0) is 0 Å². The van der Waals surface area contributed by atoms with Gasteiger partial charge in [0.15, 0.2) is 0 Å². The summed E-state index contributed by atoms with van der Waals surface area (Å²) in [7, 11) is 0.872. The molecule has 2 heteroatoms. The lowest BCUT2D eigenvalue weighted by Crippen LogP contribution is -1.91. The Morgan fingerprint density at radius 2 is 1.43 bits per heavy atom. The number of pyridine rings is 1. The summed E-state index contributed by atoms with van der Waals surface area (Å²) < 4.78 is 0. The average molecular weight is 201 g/mol. The molecule has 2 rings (SSSR count). The van der Waals surface area contributed by atoms with Gasteiger partial charge in [-0.15, -0.1) is 0 Å². The maximum absolute atomic E-state index is 4.01. The highest BCUT2D eigenvalue weighted by molar-refractivity contribution is 7.46. The molecule has 0 aliphatic heterocycles. The summed E-state index contributed by atoms with van der Waals surface area (Å²) in [6, 6.07) is 12.8. The van der Waals surface area contributed by atoms with Crippen LogP contribution in [0.15, 0.2) is 48.8 Å². The quantitative estimate of drug-likeness (QED) is 0.681. The van der Waals surface area contributed by atoms with E-state index in [2.05, 4.69) is 35.9 Å². The van der Waals surface area contributed by atoms with Crippen molar-refractivity contribution >= 4 is 13.9 Å². The Kier molecular flexibility index (Phi) is 2.90. The number of nitrogens with zero attached hydrogens (tertiary/aromatic N) is 1. The molecule has 0 aliphatic carbocycles. The fraction of sp³-hybridized carbons (Fsp3) is 0.0833. The Morgan fingerprint density at radius 1 is 0.857 bits per heavy atom. The third-order valence-electron chi connectivity index (χ3n) is 2.19. The Bertz CT molecular complexity index is 394. The van der Waals surface area contributed by atoms with Crippen molar-refractivity contribution in [3.63, 3.8) is 0 Å². The first-order chi connectivity index (χ1) is 6.90. The van der Waals surface area contributed by atoms with Gasteiger partial charge in [0.25, 0.3) is 0 Å². The van der Waals surface area contributed by atoms with Crippen LogP contribution in [0.5, 0.6) is 0 Å². The van der Waals surface area contributed by atoms with Crippen molar-refractivity contribution in [2.45, 2.75) is 0 Å². The van der Waals surface area contributed by atoms with Crippen molar-refractivity contribution in [1.82, 2.24) is 4.98 Å². The highest BCUT2D eigenvalue weighted by Gasteiger charge is 1.95. The second kappa shape index (κ2) is 4.34. The summed E-state index contributed by atoms with van der Waals surface area (Å²) in [5, 5.41) is 1.41. The molecule has 14 heavy (non-hydrogen) atoms. The van der Waals surface area contributed by atoms with Crippen molar-refractivity contribution in [3.05, 3.63) is 48.8 Å². The summed E-state index contributed by atoms with van der Waals surface area (Å²) in [4.78, 5) is 4.01. The largest absolute Gasteiger partial charge is 0.265 e. The first-order valence-corrected chi connectivity index (χ1v) is 6.08. The van der Waals surface area contributed by atoms with E-state index in [0.29, 0.717) is 0 Å². The highest BCUT2D eigenvalue weighted by Crippen LogP contribution is 2.17. The van der Waals surface area contributed by atoms with Gasteiger partial charge >= 0.3 is 0 Å². The molecule has 0 bridgehead atoms. The van der Waals surface area contributed by atoms with E-state index in [-0.39, 0.29) is 0 Å². The molecule has 0 aliphatic rings. The Hall–Kier alpha value is -1.20. The first kappa shape index (κ1) is 9.36. The van der Waals surface area contributed by atoms with Crippen LogP contribution in [0.4, 0.5) is 0 Å². The molecule has 1 heterocycles. The van der Waals surface area contributed by atoms with Crippen LogP contribution in [-0.4, -0.2) is 11.6 Å². The Labute approximate surface area is 86.0 Å². The number of rotatable bonds is 2. The van der Waals surface area contributed by atoms with E-state index in [0.717, 1.165) is 8.58 Å². The third kappa shape index (κ3) is 2.00. The van der Waals surface area contributed by atoms with E-state index in [1.165, 1.54) is 16.4 Å². The molecule has 1 aromatic heterocycles. The number of hydrogen-bond acceptors (Lipinski definition) is 1. The van der Waals surface area contributed by atoms with Gasteiger partial charge in [-0.1, -0.05) is 32.8 Å². The van der Waals surface area contributed by atoms with Crippen molar-refractivity contribution < 1.29 is 0 Å². The lowest BCUT2D eigenvalue weighted by Gasteiger charge is -2.01. The normalized spacial score (nSPS) is 10.9. The number of aromatic nitrogens is 1. The SMILES string of the molecule is CPc1ccc(-c2ccncc2)cc1. The molecule has 0 radical (unpaired) electrons. The van der Waals surface area contributed by atoms with Gasteiger partial charge in [0.1, 0.15) is 0 Å². The van der Waals surface area contributed by atoms with Crippen LogP contribution in [0.2, 0.25) is 0 Å². The zero-order chi connectivity index (χ0) is 9.80. The van der Waals surface area contributed by atoms with E-state index in [4.69, 9.17) is 0 Å². The molecule has 1 atom stereocenters. The molecule has 1 nitrogen and oxygen atoms in total. The molecule has 0 spiro atoms. The molecular formula is C12H12NP. The maximum Gasteiger partial charge on any atom is 0.0273 e.